The van der Waals surface area contributed by atoms with Crippen LogP contribution in [0.5, 0.6) is 0 Å². The van der Waals surface area contributed by atoms with Gasteiger partial charge in [0.2, 0.25) is 11.8 Å². The van der Waals surface area contributed by atoms with Crippen LogP contribution in [0, 0.1) is 12.8 Å². The molecule has 6 heteroatoms. The van der Waals surface area contributed by atoms with Gasteiger partial charge in [0, 0.05) is 25.4 Å². The predicted molar refractivity (Wildman–Crippen MR) is 221 cm³/mol. The van der Waals surface area contributed by atoms with Crippen molar-refractivity contribution in [1.82, 2.24) is 16.0 Å². The Labute approximate surface area is 325 Å². The summed E-state index contributed by atoms with van der Waals surface area (Å²) in [5, 5.41) is 9.77. The Balaban J connectivity index is 1.12. The van der Waals surface area contributed by atoms with E-state index >= 15 is 0 Å². The first kappa shape index (κ1) is 38.6. The third-order valence-electron chi connectivity index (χ3n) is 10.1. The number of hydrogen-bond acceptors (Lipinski definition) is 4. The second kappa shape index (κ2) is 18.3. The molecule has 0 fully saturated rings. The quantitative estimate of drug-likeness (QED) is 0.0871. The van der Waals surface area contributed by atoms with Crippen molar-refractivity contribution in [3.05, 3.63) is 203 Å². The van der Waals surface area contributed by atoms with Gasteiger partial charge in [-0.05, 0) is 64.8 Å². The van der Waals surface area contributed by atoms with Gasteiger partial charge in [-0.2, -0.15) is 0 Å². The highest BCUT2D eigenvalue weighted by Gasteiger charge is 2.36. The molecular weight excluding hydrogens is 679 g/mol. The molecular formula is C49H49N3O3. The van der Waals surface area contributed by atoms with Crippen LogP contribution in [0.4, 0.5) is 0 Å². The lowest BCUT2D eigenvalue weighted by Crippen LogP contribution is -2.49. The molecule has 0 saturated carbocycles. The molecule has 0 aromatic heterocycles. The summed E-state index contributed by atoms with van der Waals surface area (Å²) in [6.07, 6.45) is 0.427. The molecule has 6 rings (SSSR count). The Morgan fingerprint density at radius 2 is 1.09 bits per heavy atom. The Hall–Kier alpha value is -6.11. The lowest BCUT2D eigenvalue weighted by molar-refractivity contribution is -0.132. The molecule has 0 aliphatic rings. The number of amides is 2. The fraction of sp³-hybridized carbons (Fsp3) is 0.204. The van der Waals surface area contributed by atoms with E-state index in [1.54, 1.807) is 0 Å². The Morgan fingerprint density at radius 1 is 0.564 bits per heavy atom. The summed E-state index contributed by atoms with van der Waals surface area (Å²) in [4.78, 5) is 39.0. The van der Waals surface area contributed by atoms with Gasteiger partial charge in [-0.15, -0.1) is 0 Å². The van der Waals surface area contributed by atoms with E-state index in [2.05, 4.69) is 132 Å². The van der Waals surface area contributed by atoms with Crippen molar-refractivity contribution in [1.29, 1.82) is 0 Å². The third-order valence-corrected chi connectivity index (χ3v) is 10.1. The minimum Gasteiger partial charge on any atom is -0.350 e. The SMILES string of the molecule is CC(=O)C[C@H](NC(=O)[C@@H](C)Cc1ccc(-c2ccccc2)cc1)C(=O)NCc1cccc(CNC(c2ccccc2)(c2ccccc2)c2ccc(C)cc2)c1. The summed E-state index contributed by atoms with van der Waals surface area (Å²) < 4.78 is 0. The highest BCUT2D eigenvalue weighted by molar-refractivity contribution is 5.92. The maximum atomic E-state index is 13.5. The van der Waals surface area contributed by atoms with Crippen LogP contribution in [0.3, 0.4) is 0 Å². The van der Waals surface area contributed by atoms with E-state index in [9.17, 15) is 14.4 Å². The zero-order valence-electron chi connectivity index (χ0n) is 31.8. The van der Waals surface area contributed by atoms with Gasteiger partial charge in [0.25, 0.3) is 0 Å². The van der Waals surface area contributed by atoms with Crippen LogP contribution >= 0.6 is 0 Å². The van der Waals surface area contributed by atoms with E-state index in [1.165, 1.54) is 12.5 Å². The number of ketones is 1. The average Bonchev–Trinajstić information content (AvgIpc) is 3.22. The van der Waals surface area contributed by atoms with Crippen molar-refractivity contribution in [2.24, 2.45) is 5.92 Å². The van der Waals surface area contributed by atoms with E-state index in [1.807, 2.05) is 61.5 Å². The zero-order valence-corrected chi connectivity index (χ0v) is 31.8. The zero-order chi connectivity index (χ0) is 38.6. The fourth-order valence-corrected chi connectivity index (χ4v) is 7.10. The number of benzene rings is 6. The topological polar surface area (TPSA) is 87.3 Å². The molecule has 0 spiro atoms. The van der Waals surface area contributed by atoms with E-state index in [-0.39, 0.29) is 24.7 Å². The van der Waals surface area contributed by atoms with E-state index in [4.69, 9.17) is 0 Å². The minimum absolute atomic E-state index is 0.0832. The summed E-state index contributed by atoms with van der Waals surface area (Å²) in [6, 6.07) is 55.1. The van der Waals surface area contributed by atoms with Crippen LogP contribution < -0.4 is 16.0 Å². The lowest BCUT2D eigenvalue weighted by atomic mass is 9.76. The predicted octanol–water partition coefficient (Wildman–Crippen LogP) is 8.70. The van der Waals surface area contributed by atoms with Gasteiger partial charge in [-0.25, -0.2) is 0 Å². The molecule has 0 aliphatic heterocycles. The van der Waals surface area contributed by atoms with Gasteiger partial charge in [0.05, 0.1) is 5.54 Å². The highest BCUT2D eigenvalue weighted by atomic mass is 16.2. The largest absolute Gasteiger partial charge is 0.350 e. The van der Waals surface area contributed by atoms with Gasteiger partial charge in [0.15, 0.2) is 0 Å². The maximum Gasteiger partial charge on any atom is 0.243 e. The molecule has 2 amide bonds. The number of hydrogen-bond donors (Lipinski definition) is 3. The van der Waals surface area contributed by atoms with Crippen LogP contribution in [0.1, 0.15) is 59.2 Å². The molecule has 2 atom stereocenters. The van der Waals surface area contributed by atoms with Crippen LogP contribution in [0.25, 0.3) is 11.1 Å². The van der Waals surface area contributed by atoms with Gasteiger partial charge in [-0.1, -0.05) is 176 Å². The summed E-state index contributed by atoms with van der Waals surface area (Å²) in [5.74, 6) is -1.23. The Kier molecular flexibility index (Phi) is 12.8. The van der Waals surface area contributed by atoms with Crippen LogP contribution in [0.15, 0.2) is 164 Å². The maximum absolute atomic E-state index is 13.5. The standard InChI is InChI=1S/C49H49N3O3/c1-35-22-28-45(29-23-35)49(43-18-9-5-10-19-43,44-20-11-6-12-21-44)51-34-40-15-13-14-39(32-40)33-50-48(55)46(31-37(3)53)52-47(54)36(2)30-38-24-26-42(27-25-38)41-16-7-4-8-17-41/h4-29,32,36,46,51H,30-31,33-34H2,1-3H3,(H,50,55)(H,52,54)/t36-,46-/m0/s1. The van der Waals surface area contributed by atoms with E-state index < -0.39 is 23.4 Å². The third kappa shape index (κ3) is 9.91. The number of carbonyl (C=O) groups is 3. The fourth-order valence-electron chi connectivity index (χ4n) is 7.10. The monoisotopic (exact) mass is 727 g/mol. The molecule has 0 aliphatic carbocycles. The van der Waals surface area contributed by atoms with E-state index in [0.717, 1.165) is 44.5 Å². The molecule has 55 heavy (non-hydrogen) atoms. The Bertz CT molecular complexity index is 2130. The molecule has 3 N–H and O–H groups in total. The van der Waals surface area contributed by atoms with Crippen molar-refractivity contribution in [2.75, 3.05) is 0 Å². The number of aryl methyl sites for hydroxylation is 1. The lowest BCUT2D eigenvalue weighted by Gasteiger charge is -2.37. The second-order valence-electron chi connectivity index (χ2n) is 14.4. The average molecular weight is 728 g/mol. The van der Waals surface area contributed by atoms with Gasteiger partial charge in [-0.3, -0.25) is 19.7 Å². The van der Waals surface area contributed by atoms with Crippen molar-refractivity contribution >= 4 is 17.6 Å². The number of Topliss-reactive ketones (excluding diaryl/α,β-unsaturated/α-hetero) is 1. The van der Waals surface area contributed by atoms with Crippen LogP contribution in [-0.2, 0) is 39.4 Å². The van der Waals surface area contributed by atoms with Crippen molar-refractivity contribution in [3.8, 4) is 11.1 Å². The number of nitrogens with one attached hydrogen (secondary N) is 3. The molecule has 0 unspecified atom stereocenters. The van der Waals surface area contributed by atoms with Gasteiger partial charge >= 0.3 is 0 Å². The van der Waals surface area contributed by atoms with Gasteiger partial charge in [0.1, 0.15) is 11.8 Å². The van der Waals surface area contributed by atoms with Crippen molar-refractivity contribution in [3.63, 3.8) is 0 Å². The summed E-state index contributed by atoms with van der Waals surface area (Å²) in [7, 11) is 0. The first-order chi connectivity index (χ1) is 26.7. The number of carbonyl (C=O) groups excluding carboxylic acids is 3. The molecule has 0 radical (unpaired) electrons. The normalized spacial score (nSPS) is 12.3. The minimum atomic E-state index is -0.968. The molecule has 6 aromatic rings. The molecule has 0 heterocycles. The van der Waals surface area contributed by atoms with Crippen LogP contribution in [-0.4, -0.2) is 23.6 Å². The second-order valence-corrected chi connectivity index (χ2v) is 14.4. The smallest absolute Gasteiger partial charge is 0.243 e. The van der Waals surface area contributed by atoms with Crippen LogP contribution in [0.2, 0.25) is 0 Å². The summed E-state index contributed by atoms with van der Waals surface area (Å²) in [5.41, 5.74) is 9.18. The highest BCUT2D eigenvalue weighted by Crippen LogP contribution is 2.37. The van der Waals surface area contributed by atoms with Crippen molar-refractivity contribution in [2.45, 2.75) is 58.3 Å². The Morgan fingerprint density at radius 3 is 1.67 bits per heavy atom. The first-order valence-corrected chi connectivity index (χ1v) is 18.9. The summed E-state index contributed by atoms with van der Waals surface area (Å²) in [6.45, 7) is 6.17. The molecule has 6 aromatic carbocycles. The van der Waals surface area contributed by atoms with Gasteiger partial charge < -0.3 is 10.6 Å². The molecule has 0 saturated heterocycles. The number of rotatable bonds is 16. The first-order valence-electron chi connectivity index (χ1n) is 18.9. The molecule has 6 nitrogen and oxygen atoms in total. The molecule has 278 valence electrons. The summed E-state index contributed by atoms with van der Waals surface area (Å²) >= 11 is 0. The molecule has 0 bridgehead atoms. The van der Waals surface area contributed by atoms with Crippen molar-refractivity contribution < 1.29 is 14.4 Å². The van der Waals surface area contributed by atoms with E-state index in [0.29, 0.717) is 13.0 Å².